The lowest BCUT2D eigenvalue weighted by atomic mass is 10.3. The van der Waals surface area contributed by atoms with Crippen LogP contribution in [0, 0.1) is 6.92 Å². The molecule has 2 aromatic heterocycles. The molecule has 2 aromatic rings. The molecule has 0 spiro atoms. The third-order valence-electron chi connectivity index (χ3n) is 2.96. The van der Waals surface area contributed by atoms with Gasteiger partial charge < -0.3 is 5.32 Å². The van der Waals surface area contributed by atoms with Gasteiger partial charge in [0.1, 0.15) is 6.67 Å². The summed E-state index contributed by atoms with van der Waals surface area (Å²) < 4.78 is 15.9. The zero-order chi connectivity index (χ0) is 13.7. The molecule has 0 unspecified atom stereocenters. The van der Waals surface area contributed by atoms with Gasteiger partial charge in [-0.3, -0.25) is 9.36 Å². The van der Waals surface area contributed by atoms with Crippen LogP contribution in [-0.4, -0.2) is 26.2 Å². The predicted molar refractivity (Wildman–Crippen MR) is 72.8 cm³/mol. The first kappa shape index (κ1) is 13.6. The van der Waals surface area contributed by atoms with Crippen LogP contribution in [0.3, 0.4) is 0 Å². The van der Waals surface area contributed by atoms with Gasteiger partial charge in [-0.2, -0.15) is 10.2 Å². The van der Waals surface area contributed by atoms with Gasteiger partial charge in [0.05, 0.1) is 30.2 Å². The summed E-state index contributed by atoms with van der Waals surface area (Å²) in [7, 11) is 0. The van der Waals surface area contributed by atoms with Gasteiger partial charge in [-0.1, -0.05) is 6.92 Å². The Hall–Kier alpha value is -1.85. The van der Waals surface area contributed by atoms with E-state index in [9.17, 15) is 4.39 Å². The van der Waals surface area contributed by atoms with E-state index >= 15 is 0 Å². The highest BCUT2D eigenvalue weighted by Crippen LogP contribution is 2.14. The van der Waals surface area contributed by atoms with Crippen molar-refractivity contribution < 1.29 is 4.39 Å². The molecule has 0 fully saturated rings. The molecule has 0 aliphatic carbocycles. The maximum Gasteiger partial charge on any atom is 0.109 e. The highest BCUT2D eigenvalue weighted by Gasteiger charge is 2.06. The van der Waals surface area contributed by atoms with Crippen LogP contribution in [0.25, 0.3) is 0 Å². The summed E-state index contributed by atoms with van der Waals surface area (Å²) >= 11 is 0. The number of nitrogens with zero attached hydrogens (tertiary/aromatic N) is 4. The fourth-order valence-corrected chi connectivity index (χ4v) is 2.00. The molecule has 1 N–H and O–H groups in total. The Kier molecular flexibility index (Phi) is 4.54. The molecule has 5 nitrogen and oxygen atoms in total. The maximum absolute atomic E-state index is 12.3. The summed E-state index contributed by atoms with van der Waals surface area (Å²) in [4.78, 5) is 0. The molecule has 0 radical (unpaired) electrons. The van der Waals surface area contributed by atoms with Crippen molar-refractivity contribution >= 4 is 5.69 Å². The van der Waals surface area contributed by atoms with Crippen LogP contribution in [0.4, 0.5) is 10.1 Å². The third-order valence-corrected chi connectivity index (χ3v) is 2.96. The van der Waals surface area contributed by atoms with Gasteiger partial charge in [0.25, 0.3) is 0 Å². The molecule has 0 bridgehead atoms. The number of alkyl halides is 1. The first-order valence-corrected chi connectivity index (χ1v) is 6.59. The van der Waals surface area contributed by atoms with Gasteiger partial charge in [-0.25, -0.2) is 4.39 Å². The quantitative estimate of drug-likeness (QED) is 0.836. The van der Waals surface area contributed by atoms with E-state index in [4.69, 9.17) is 0 Å². The van der Waals surface area contributed by atoms with Crippen molar-refractivity contribution in [2.24, 2.45) is 0 Å². The number of rotatable bonds is 7. The van der Waals surface area contributed by atoms with Gasteiger partial charge in [-0.05, 0) is 19.4 Å². The molecule has 0 amide bonds. The van der Waals surface area contributed by atoms with Crippen molar-refractivity contribution in [1.29, 1.82) is 0 Å². The van der Waals surface area contributed by atoms with Gasteiger partial charge in [-0.15, -0.1) is 0 Å². The standard InChI is InChI=1S/C13H20FN5/c1-3-7-19-12(4-6-16-19)9-15-13-10-18(8-5-14)17-11(13)2/h4,6,10,15H,3,5,7-9H2,1-2H3. The number of hydrogen-bond acceptors (Lipinski definition) is 3. The summed E-state index contributed by atoms with van der Waals surface area (Å²) in [5.41, 5.74) is 2.96. The monoisotopic (exact) mass is 265 g/mol. The number of anilines is 1. The van der Waals surface area contributed by atoms with E-state index in [0.717, 1.165) is 30.0 Å². The molecule has 6 heteroatoms. The van der Waals surface area contributed by atoms with Crippen LogP contribution in [-0.2, 0) is 19.6 Å². The van der Waals surface area contributed by atoms with E-state index < -0.39 is 6.67 Å². The summed E-state index contributed by atoms with van der Waals surface area (Å²) in [5, 5.41) is 11.9. The Morgan fingerprint density at radius 2 is 2.21 bits per heavy atom. The normalized spacial score (nSPS) is 10.9. The molecule has 0 aliphatic heterocycles. The average Bonchev–Trinajstić information content (AvgIpc) is 2.95. The Morgan fingerprint density at radius 3 is 2.95 bits per heavy atom. The molecule has 0 atom stereocenters. The van der Waals surface area contributed by atoms with Crippen molar-refractivity contribution in [1.82, 2.24) is 19.6 Å². The molecule has 0 saturated carbocycles. The van der Waals surface area contributed by atoms with Gasteiger partial charge in [0.2, 0.25) is 0 Å². The fraction of sp³-hybridized carbons (Fsp3) is 0.538. The molecule has 104 valence electrons. The third kappa shape index (κ3) is 3.33. The van der Waals surface area contributed by atoms with Crippen LogP contribution in [0.2, 0.25) is 0 Å². The Balaban J connectivity index is 1.99. The number of aryl methyl sites for hydroxylation is 3. The molecule has 0 saturated heterocycles. The highest BCUT2D eigenvalue weighted by molar-refractivity contribution is 5.45. The van der Waals surface area contributed by atoms with Gasteiger partial charge in [0, 0.05) is 18.9 Å². The Bertz CT molecular complexity index is 517. The molecule has 2 rings (SSSR count). The lowest BCUT2D eigenvalue weighted by Crippen LogP contribution is -2.09. The van der Waals surface area contributed by atoms with Crippen LogP contribution in [0.5, 0.6) is 0 Å². The second-order valence-electron chi connectivity index (χ2n) is 4.48. The van der Waals surface area contributed by atoms with E-state index in [1.54, 1.807) is 4.68 Å². The van der Waals surface area contributed by atoms with Crippen molar-refractivity contribution in [2.45, 2.75) is 39.9 Å². The molecular weight excluding hydrogens is 245 g/mol. The van der Waals surface area contributed by atoms with Gasteiger partial charge in [0.15, 0.2) is 0 Å². The maximum atomic E-state index is 12.3. The van der Waals surface area contributed by atoms with Crippen LogP contribution < -0.4 is 5.32 Å². The van der Waals surface area contributed by atoms with E-state index in [1.165, 1.54) is 0 Å². The predicted octanol–water partition coefficient (Wildman–Crippen LogP) is 2.38. The zero-order valence-corrected chi connectivity index (χ0v) is 11.4. The fourth-order valence-electron chi connectivity index (χ4n) is 2.00. The van der Waals surface area contributed by atoms with Crippen LogP contribution in [0.15, 0.2) is 18.5 Å². The second kappa shape index (κ2) is 6.36. The average molecular weight is 265 g/mol. The Labute approximate surface area is 112 Å². The molecule has 0 aliphatic rings. The molecule has 19 heavy (non-hydrogen) atoms. The Morgan fingerprint density at radius 1 is 1.37 bits per heavy atom. The van der Waals surface area contributed by atoms with Crippen LogP contribution >= 0.6 is 0 Å². The minimum Gasteiger partial charge on any atom is -0.377 e. The second-order valence-corrected chi connectivity index (χ2v) is 4.48. The summed E-state index contributed by atoms with van der Waals surface area (Å²) in [5.74, 6) is 0. The van der Waals surface area contributed by atoms with Crippen LogP contribution in [0.1, 0.15) is 24.7 Å². The number of nitrogens with one attached hydrogen (secondary N) is 1. The van der Waals surface area contributed by atoms with Gasteiger partial charge >= 0.3 is 0 Å². The topological polar surface area (TPSA) is 47.7 Å². The van der Waals surface area contributed by atoms with Crippen molar-refractivity contribution in [2.75, 3.05) is 12.0 Å². The largest absolute Gasteiger partial charge is 0.377 e. The van der Waals surface area contributed by atoms with E-state index in [1.807, 2.05) is 30.1 Å². The minimum atomic E-state index is -0.399. The summed E-state index contributed by atoms with van der Waals surface area (Å²) in [6.45, 7) is 5.57. The zero-order valence-electron chi connectivity index (χ0n) is 11.4. The molecule has 0 aromatic carbocycles. The molecule has 2 heterocycles. The highest BCUT2D eigenvalue weighted by atomic mass is 19.1. The molecular formula is C13H20FN5. The van der Waals surface area contributed by atoms with E-state index in [2.05, 4.69) is 22.4 Å². The summed E-state index contributed by atoms with van der Waals surface area (Å²) in [6.07, 6.45) is 4.71. The van der Waals surface area contributed by atoms with Crippen molar-refractivity contribution in [3.63, 3.8) is 0 Å². The number of hydrogen-bond donors (Lipinski definition) is 1. The first-order chi connectivity index (χ1) is 9.24. The lowest BCUT2D eigenvalue weighted by Gasteiger charge is -2.07. The van der Waals surface area contributed by atoms with Crippen molar-refractivity contribution in [3.05, 3.63) is 29.8 Å². The van der Waals surface area contributed by atoms with E-state index in [0.29, 0.717) is 13.1 Å². The summed E-state index contributed by atoms with van der Waals surface area (Å²) in [6, 6.07) is 2.00. The number of halogens is 1. The van der Waals surface area contributed by atoms with Crippen molar-refractivity contribution in [3.8, 4) is 0 Å². The number of aromatic nitrogens is 4. The van der Waals surface area contributed by atoms with E-state index in [-0.39, 0.29) is 0 Å². The minimum absolute atomic E-state index is 0.302. The SMILES string of the molecule is CCCn1nccc1CNc1cn(CCF)nc1C. The smallest absolute Gasteiger partial charge is 0.109 e. The first-order valence-electron chi connectivity index (χ1n) is 6.59. The lowest BCUT2D eigenvalue weighted by molar-refractivity contribution is 0.426.